The van der Waals surface area contributed by atoms with Gasteiger partial charge in [-0.05, 0) is 36.4 Å². The Morgan fingerprint density at radius 2 is 1.67 bits per heavy atom. The molecule has 3 amide bonds. The van der Waals surface area contributed by atoms with Crippen molar-refractivity contribution in [3.63, 3.8) is 0 Å². The highest BCUT2D eigenvalue weighted by Gasteiger charge is 2.11. The Balaban J connectivity index is 1.96. The number of hydrogen-bond donors (Lipinski definition) is 4. The molecule has 4 N–H and O–H groups in total. The Morgan fingerprint density at radius 1 is 0.958 bits per heavy atom. The number of amides is 3. The van der Waals surface area contributed by atoms with Crippen molar-refractivity contribution in [3.8, 4) is 17.2 Å². The van der Waals surface area contributed by atoms with Crippen LogP contribution in [-0.2, 0) is 0 Å². The fourth-order valence-corrected chi connectivity index (χ4v) is 1.86. The molecule has 126 valence electrons. The molecule has 0 unspecified atom stereocenters. The van der Waals surface area contributed by atoms with Crippen molar-refractivity contribution < 1.29 is 24.2 Å². The quantitative estimate of drug-likeness (QED) is 0.640. The molecular formula is C16H17N3O5. The van der Waals surface area contributed by atoms with Crippen molar-refractivity contribution in [2.75, 3.05) is 19.5 Å². The molecule has 0 aromatic heterocycles. The number of hydrazine groups is 1. The molecule has 2 aromatic carbocycles. The van der Waals surface area contributed by atoms with Crippen molar-refractivity contribution in [1.29, 1.82) is 0 Å². The maximum Gasteiger partial charge on any atom is 0.338 e. The first-order valence-corrected chi connectivity index (χ1v) is 6.92. The van der Waals surface area contributed by atoms with Gasteiger partial charge in [0.05, 0.1) is 19.9 Å². The van der Waals surface area contributed by atoms with Crippen molar-refractivity contribution >= 4 is 17.6 Å². The van der Waals surface area contributed by atoms with E-state index in [2.05, 4.69) is 16.2 Å². The highest BCUT2D eigenvalue weighted by molar-refractivity contribution is 5.97. The van der Waals surface area contributed by atoms with Crippen molar-refractivity contribution in [2.45, 2.75) is 0 Å². The minimum Gasteiger partial charge on any atom is -0.508 e. The third-order valence-electron chi connectivity index (χ3n) is 3.07. The van der Waals surface area contributed by atoms with E-state index in [1.54, 1.807) is 18.2 Å². The van der Waals surface area contributed by atoms with E-state index in [0.717, 1.165) is 0 Å². The van der Waals surface area contributed by atoms with Gasteiger partial charge in [-0.3, -0.25) is 10.2 Å². The number of urea groups is 1. The molecule has 0 aliphatic carbocycles. The molecule has 2 aromatic rings. The number of nitrogens with one attached hydrogen (secondary N) is 3. The zero-order valence-electron chi connectivity index (χ0n) is 13.1. The summed E-state index contributed by atoms with van der Waals surface area (Å²) in [6.07, 6.45) is 0. The summed E-state index contributed by atoms with van der Waals surface area (Å²) in [5.41, 5.74) is 5.14. The Bertz CT molecular complexity index is 731. The summed E-state index contributed by atoms with van der Waals surface area (Å²) in [7, 11) is 2.97. The van der Waals surface area contributed by atoms with Gasteiger partial charge >= 0.3 is 6.03 Å². The van der Waals surface area contributed by atoms with Crippen molar-refractivity contribution in [3.05, 3.63) is 48.0 Å². The summed E-state index contributed by atoms with van der Waals surface area (Å²) in [6.45, 7) is 0. The molecule has 2 rings (SSSR count). The van der Waals surface area contributed by atoms with Crippen LogP contribution in [0.2, 0.25) is 0 Å². The van der Waals surface area contributed by atoms with Crippen LogP contribution < -0.4 is 25.6 Å². The summed E-state index contributed by atoms with van der Waals surface area (Å²) in [4.78, 5) is 23.8. The number of ether oxygens (including phenoxy) is 2. The van der Waals surface area contributed by atoms with Gasteiger partial charge in [-0.2, -0.15) is 0 Å². The van der Waals surface area contributed by atoms with Crippen LogP contribution in [0.25, 0.3) is 0 Å². The molecule has 24 heavy (non-hydrogen) atoms. The van der Waals surface area contributed by atoms with Gasteiger partial charge in [0.1, 0.15) is 17.2 Å². The molecule has 0 aliphatic rings. The second-order valence-electron chi connectivity index (χ2n) is 4.65. The minimum atomic E-state index is -0.659. The first kappa shape index (κ1) is 16.9. The van der Waals surface area contributed by atoms with Crippen LogP contribution in [0.4, 0.5) is 10.5 Å². The molecule has 0 radical (unpaired) electrons. The van der Waals surface area contributed by atoms with E-state index in [4.69, 9.17) is 9.47 Å². The lowest BCUT2D eigenvalue weighted by molar-refractivity contribution is 0.0938. The third-order valence-corrected chi connectivity index (χ3v) is 3.07. The molecule has 0 saturated heterocycles. The van der Waals surface area contributed by atoms with Gasteiger partial charge in [0.15, 0.2) is 0 Å². The number of hydrogen-bond acceptors (Lipinski definition) is 5. The zero-order chi connectivity index (χ0) is 17.5. The van der Waals surface area contributed by atoms with Crippen LogP contribution in [0, 0.1) is 0 Å². The van der Waals surface area contributed by atoms with Crippen LogP contribution >= 0.6 is 0 Å². The van der Waals surface area contributed by atoms with E-state index >= 15 is 0 Å². The summed E-state index contributed by atoms with van der Waals surface area (Å²) in [5.74, 6) is 0.500. The Hall–Kier alpha value is -3.42. The Morgan fingerprint density at radius 3 is 2.29 bits per heavy atom. The number of methoxy groups -OCH3 is 2. The Kier molecular flexibility index (Phi) is 5.45. The van der Waals surface area contributed by atoms with E-state index < -0.39 is 11.9 Å². The van der Waals surface area contributed by atoms with Gasteiger partial charge in [-0.1, -0.05) is 0 Å². The molecule has 0 saturated carbocycles. The summed E-state index contributed by atoms with van der Waals surface area (Å²) in [5, 5.41) is 11.7. The van der Waals surface area contributed by atoms with Gasteiger partial charge in [0.25, 0.3) is 5.91 Å². The van der Waals surface area contributed by atoms with Gasteiger partial charge in [-0.15, -0.1) is 0 Å². The maximum atomic E-state index is 11.9. The second kappa shape index (κ2) is 7.73. The number of aromatic hydroxyl groups is 1. The van der Waals surface area contributed by atoms with E-state index in [1.807, 2.05) is 0 Å². The number of carbonyl (C=O) groups is 2. The average Bonchev–Trinajstić information content (AvgIpc) is 2.60. The summed E-state index contributed by atoms with van der Waals surface area (Å²) in [6, 6.07) is 9.85. The first-order valence-electron chi connectivity index (χ1n) is 6.92. The van der Waals surface area contributed by atoms with E-state index in [9.17, 15) is 14.7 Å². The second-order valence-corrected chi connectivity index (χ2v) is 4.65. The monoisotopic (exact) mass is 331 g/mol. The SMILES string of the molecule is COc1ccc(OC)c(NC(=O)NNC(=O)c2ccc(O)cc2)c1. The molecule has 8 nitrogen and oxygen atoms in total. The van der Waals surface area contributed by atoms with Gasteiger partial charge in [0, 0.05) is 11.6 Å². The molecule has 8 heteroatoms. The van der Waals surface area contributed by atoms with Crippen LogP contribution in [0.15, 0.2) is 42.5 Å². The first-order chi connectivity index (χ1) is 11.5. The molecule has 0 spiro atoms. The summed E-state index contributed by atoms with van der Waals surface area (Å²) < 4.78 is 10.2. The lowest BCUT2D eigenvalue weighted by atomic mass is 10.2. The minimum absolute atomic E-state index is 0.0439. The highest BCUT2D eigenvalue weighted by Crippen LogP contribution is 2.28. The molecule has 0 heterocycles. The topological polar surface area (TPSA) is 109 Å². The molecule has 0 aliphatic heterocycles. The lowest BCUT2D eigenvalue weighted by Gasteiger charge is -2.13. The lowest BCUT2D eigenvalue weighted by Crippen LogP contribution is -2.43. The van der Waals surface area contributed by atoms with Crippen molar-refractivity contribution in [2.24, 2.45) is 0 Å². The van der Waals surface area contributed by atoms with Crippen molar-refractivity contribution in [1.82, 2.24) is 10.9 Å². The van der Waals surface area contributed by atoms with Crippen LogP contribution in [0.5, 0.6) is 17.2 Å². The summed E-state index contributed by atoms with van der Waals surface area (Å²) >= 11 is 0. The number of phenols is 1. The van der Waals surface area contributed by atoms with E-state index in [1.165, 1.54) is 38.5 Å². The van der Waals surface area contributed by atoms with Crippen LogP contribution in [-0.4, -0.2) is 31.3 Å². The number of carbonyl (C=O) groups excluding carboxylic acids is 2. The predicted molar refractivity (Wildman–Crippen MR) is 87.3 cm³/mol. The number of anilines is 1. The standard InChI is InChI=1S/C16H17N3O5/c1-23-12-7-8-14(24-2)13(9-12)17-16(22)19-18-15(21)10-3-5-11(20)6-4-10/h3-9,20H,1-2H3,(H,18,21)(H2,17,19,22). The largest absolute Gasteiger partial charge is 0.508 e. The zero-order valence-corrected chi connectivity index (χ0v) is 13.1. The van der Waals surface area contributed by atoms with Gasteiger partial charge in [-0.25, -0.2) is 10.2 Å². The van der Waals surface area contributed by atoms with Crippen LogP contribution in [0.3, 0.4) is 0 Å². The fraction of sp³-hybridized carbons (Fsp3) is 0.125. The number of rotatable bonds is 4. The fourth-order valence-electron chi connectivity index (χ4n) is 1.86. The van der Waals surface area contributed by atoms with E-state index in [0.29, 0.717) is 17.2 Å². The maximum absolute atomic E-state index is 11.9. The number of benzene rings is 2. The molecule has 0 fully saturated rings. The molecular weight excluding hydrogens is 314 g/mol. The third kappa shape index (κ3) is 4.29. The highest BCUT2D eigenvalue weighted by atomic mass is 16.5. The van der Waals surface area contributed by atoms with Gasteiger partial charge in [0.2, 0.25) is 0 Å². The molecule has 0 bridgehead atoms. The normalized spacial score (nSPS) is 9.75. The predicted octanol–water partition coefficient (Wildman–Crippen LogP) is 1.88. The van der Waals surface area contributed by atoms with Gasteiger partial charge < -0.3 is 19.9 Å². The smallest absolute Gasteiger partial charge is 0.338 e. The molecule has 0 atom stereocenters. The number of phenolic OH excluding ortho intramolecular Hbond substituents is 1. The van der Waals surface area contributed by atoms with Crippen LogP contribution in [0.1, 0.15) is 10.4 Å². The Labute approximate surface area is 138 Å². The van der Waals surface area contributed by atoms with E-state index in [-0.39, 0.29) is 11.3 Å². The average molecular weight is 331 g/mol.